The first-order valence-corrected chi connectivity index (χ1v) is 7.50. The molecule has 0 N–H and O–H groups in total. The number of benzene rings is 2. The molecule has 4 heteroatoms. The van der Waals surface area contributed by atoms with Gasteiger partial charge in [-0.25, -0.2) is 0 Å². The van der Waals surface area contributed by atoms with Gasteiger partial charge in [-0.15, -0.1) is 0 Å². The van der Waals surface area contributed by atoms with Crippen LogP contribution >= 0.6 is 8.46 Å². The van der Waals surface area contributed by atoms with Crippen molar-refractivity contribution in [2.24, 2.45) is 0 Å². The van der Waals surface area contributed by atoms with Gasteiger partial charge in [-0.3, -0.25) is 9.36 Å². The van der Waals surface area contributed by atoms with Crippen LogP contribution in [0, 0.1) is 20.8 Å². The van der Waals surface area contributed by atoms with E-state index in [9.17, 15) is 9.36 Å². The van der Waals surface area contributed by atoms with E-state index in [-0.39, 0.29) is 20.9 Å². The van der Waals surface area contributed by atoms with Gasteiger partial charge in [-0.1, -0.05) is 29.8 Å². The zero-order valence-corrected chi connectivity index (χ0v) is 13.2. The van der Waals surface area contributed by atoms with Gasteiger partial charge in [0.15, 0.2) is 15.1 Å². The lowest BCUT2D eigenvalue weighted by molar-refractivity contribution is 0.0921. The molecular formula is C17H17O3P. The van der Waals surface area contributed by atoms with Crippen LogP contribution in [0.5, 0.6) is 5.75 Å². The van der Waals surface area contributed by atoms with Crippen molar-refractivity contribution < 1.29 is 14.1 Å². The molecule has 0 aliphatic rings. The molecule has 2 rings (SSSR count). The average molecular weight is 300 g/mol. The van der Waals surface area contributed by atoms with E-state index in [2.05, 4.69) is 0 Å². The summed E-state index contributed by atoms with van der Waals surface area (Å²) in [5.41, 5.74) is 3.75. The second-order valence-electron chi connectivity index (χ2n) is 5.04. The van der Waals surface area contributed by atoms with Crippen LogP contribution in [0.15, 0.2) is 36.4 Å². The normalized spacial score (nSPS) is 10.6. The molecule has 0 aliphatic heterocycles. The Morgan fingerprint density at radius 3 is 2.33 bits per heavy atom. The molecule has 108 valence electrons. The smallest absolute Gasteiger partial charge is 0.200 e. The van der Waals surface area contributed by atoms with E-state index >= 15 is 0 Å². The topological polar surface area (TPSA) is 43.4 Å². The number of aryl methyl sites for hydroxylation is 3. The van der Waals surface area contributed by atoms with E-state index in [1.807, 2.05) is 32.9 Å². The Morgan fingerprint density at radius 1 is 1.10 bits per heavy atom. The molecule has 0 aromatic heterocycles. The second kappa shape index (κ2) is 6.64. The number of ether oxygens (including phenoxy) is 1. The standard InChI is InChI=1S/C17H17O3P/c1-11-8-12(2)17(13(3)9-11)14(18)10-20-15-6-4-5-7-16(15)21-19/h4-9H,10H2,1-3H3. The van der Waals surface area contributed by atoms with Gasteiger partial charge < -0.3 is 4.74 Å². The van der Waals surface area contributed by atoms with Gasteiger partial charge in [0.25, 0.3) is 0 Å². The number of carbonyl (C=O) groups is 1. The Morgan fingerprint density at radius 2 is 1.71 bits per heavy atom. The molecule has 0 unspecified atom stereocenters. The predicted octanol–water partition coefficient (Wildman–Crippen LogP) is 3.79. The lowest BCUT2D eigenvalue weighted by atomic mass is 9.97. The van der Waals surface area contributed by atoms with Crippen LogP contribution in [0.4, 0.5) is 0 Å². The van der Waals surface area contributed by atoms with Crippen LogP contribution in [0.3, 0.4) is 0 Å². The number of ketones is 1. The molecule has 0 atom stereocenters. The number of rotatable bonds is 5. The molecule has 0 saturated heterocycles. The summed E-state index contributed by atoms with van der Waals surface area (Å²) in [4.78, 5) is 12.4. The Balaban J connectivity index is 2.18. The minimum Gasteiger partial charge on any atom is -0.484 e. The fraction of sp³-hybridized carbons (Fsp3) is 0.235. The summed E-state index contributed by atoms with van der Waals surface area (Å²) in [6.45, 7) is 5.81. The molecule has 0 aliphatic carbocycles. The van der Waals surface area contributed by atoms with E-state index in [0.717, 1.165) is 16.7 Å². The summed E-state index contributed by atoms with van der Waals surface area (Å²) >= 11 is 0. The van der Waals surface area contributed by atoms with E-state index in [1.165, 1.54) is 0 Å². The first kappa shape index (κ1) is 15.4. The molecule has 0 bridgehead atoms. The molecule has 3 nitrogen and oxygen atoms in total. The van der Waals surface area contributed by atoms with Crippen LogP contribution in [0.1, 0.15) is 27.0 Å². The molecule has 0 spiro atoms. The van der Waals surface area contributed by atoms with Gasteiger partial charge in [0.05, 0.1) is 5.30 Å². The van der Waals surface area contributed by atoms with E-state index in [0.29, 0.717) is 16.6 Å². The monoisotopic (exact) mass is 300 g/mol. The highest BCUT2D eigenvalue weighted by Crippen LogP contribution is 2.18. The highest BCUT2D eigenvalue weighted by molar-refractivity contribution is 7.34. The van der Waals surface area contributed by atoms with Gasteiger partial charge in [-0.2, -0.15) is 0 Å². The molecule has 0 fully saturated rings. The summed E-state index contributed by atoms with van der Waals surface area (Å²) in [5, 5.41) is 0.544. The second-order valence-corrected chi connectivity index (χ2v) is 5.71. The lowest BCUT2D eigenvalue weighted by Gasteiger charge is -2.12. The first-order chi connectivity index (χ1) is 10.0. The molecule has 0 heterocycles. The predicted molar refractivity (Wildman–Crippen MR) is 84.2 cm³/mol. The highest BCUT2D eigenvalue weighted by atomic mass is 31.1. The Kier molecular flexibility index (Phi) is 4.87. The third-order valence-corrected chi connectivity index (χ3v) is 3.84. The van der Waals surface area contributed by atoms with Crippen LogP contribution in [-0.4, -0.2) is 12.4 Å². The summed E-state index contributed by atoms with van der Waals surface area (Å²) in [6, 6.07) is 11.0. The number of hydrogen-bond donors (Lipinski definition) is 0. The Hall–Kier alpha value is -1.99. The molecule has 2 aromatic carbocycles. The minimum atomic E-state index is -0.115. The van der Waals surface area contributed by atoms with Gasteiger partial charge >= 0.3 is 0 Å². The van der Waals surface area contributed by atoms with Crippen molar-refractivity contribution in [2.45, 2.75) is 20.8 Å². The lowest BCUT2D eigenvalue weighted by Crippen LogP contribution is -2.16. The third-order valence-electron chi connectivity index (χ3n) is 3.28. The van der Waals surface area contributed by atoms with Gasteiger partial charge in [-0.05, 0) is 44.0 Å². The number of hydrogen-bond acceptors (Lipinski definition) is 3. The Labute approximate surface area is 126 Å². The quantitative estimate of drug-likeness (QED) is 0.623. The number of Topliss-reactive ketones (excluding diaryl/α,β-unsaturated/α-hetero) is 1. The van der Waals surface area contributed by atoms with Crippen LogP contribution in [-0.2, 0) is 4.57 Å². The van der Waals surface area contributed by atoms with E-state index < -0.39 is 0 Å². The average Bonchev–Trinajstić information content (AvgIpc) is 2.44. The fourth-order valence-electron chi connectivity index (χ4n) is 2.49. The summed E-state index contributed by atoms with van der Waals surface area (Å²) in [6.07, 6.45) is 0. The number of carbonyl (C=O) groups excluding carboxylic acids is 1. The van der Waals surface area contributed by atoms with Crippen LogP contribution in [0.2, 0.25) is 0 Å². The molecule has 0 amide bonds. The first-order valence-electron chi connectivity index (χ1n) is 6.69. The van der Waals surface area contributed by atoms with Crippen molar-refractivity contribution in [3.63, 3.8) is 0 Å². The van der Waals surface area contributed by atoms with Gasteiger partial charge in [0, 0.05) is 5.56 Å². The van der Waals surface area contributed by atoms with Crippen molar-refractivity contribution in [3.8, 4) is 5.75 Å². The zero-order valence-electron chi connectivity index (χ0n) is 12.3. The van der Waals surface area contributed by atoms with Crippen LogP contribution in [0.25, 0.3) is 0 Å². The van der Waals surface area contributed by atoms with Crippen molar-refractivity contribution in [1.82, 2.24) is 0 Å². The van der Waals surface area contributed by atoms with E-state index in [1.54, 1.807) is 24.3 Å². The van der Waals surface area contributed by atoms with E-state index in [4.69, 9.17) is 4.74 Å². The largest absolute Gasteiger partial charge is 0.484 e. The summed E-state index contributed by atoms with van der Waals surface area (Å²) in [7, 11) is -0.115. The van der Waals surface area contributed by atoms with Gasteiger partial charge in [0.2, 0.25) is 5.78 Å². The maximum Gasteiger partial charge on any atom is 0.200 e. The maximum atomic E-state index is 12.4. The molecule has 0 saturated carbocycles. The summed E-state index contributed by atoms with van der Waals surface area (Å²) < 4.78 is 16.5. The van der Waals surface area contributed by atoms with Gasteiger partial charge in [0.1, 0.15) is 5.75 Å². The SMILES string of the molecule is Cc1cc(C)c(C(=O)COc2ccccc2P=O)c(C)c1. The fourth-order valence-corrected chi connectivity index (χ4v) is 2.87. The molecule has 21 heavy (non-hydrogen) atoms. The maximum absolute atomic E-state index is 12.4. The minimum absolute atomic E-state index is 0.0583. The highest BCUT2D eigenvalue weighted by Gasteiger charge is 2.14. The summed E-state index contributed by atoms with van der Waals surface area (Å²) in [5.74, 6) is 0.410. The zero-order chi connectivity index (χ0) is 15.4. The Bertz CT molecular complexity index is 669. The number of para-hydroxylation sites is 1. The van der Waals surface area contributed by atoms with Crippen molar-refractivity contribution in [2.75, 3.05) is 6.61 Å². The molecular weight excluding hydrogens is 283 g/mol. The third kappa shape index (κ3) is 3.56. The van der Waals surface area contributed by atoms with Crippen LogP contribution < -0.4 is 10.0 Å². The van der Waals surface area contributed by atoms with Crippen molar-refractivity contribution in [1.29, 1.82) is 0 Å². The van der Waals surface area contributed by atoms with Crippen molar-refractivity contribution in [3.05, 3.63) is 58.7 Å². The molecule has 2 aromatic rings. The molecule has 0 radical (unpaired) electrons. The van der Waals surface area contributed by atoms with Crippen molar-refractivity contribution >= 4 is 19.5 Å².